The Morgan fingerprint density at radius 3 is 2.18 bits per heavy atom. The number of likely N-dealkylation sites (tertiary alicyclic amines) is 3. The molecule has 0 radical (unpaired) electrons. The lowest BCUT2D eigenvalue weighted by Crippen LogP contribution is -2.47. The van der Waals surface area contributed by atoms with E-state index in [1.807, 2.05) is 9.80 Å². The molecule has 5 aliphatic rings. The minimum absolute atomic E-state index is 0.0161. The lowest BCUT2D eigenvalue weighted by Gasteiger charge is -2.36. The molecule has 5 saturated heterocycles. The van der Waals surface area contributed by atoms with Crippen LogP contribution in [0, 0.1) is 11.8 Å². The average molecular weight is 639 g/mol. The van der Waals surface area contributed by atoms with Crippen LogP contribution >= 0.6 is 12.0 Å². The van der Waals surface area contributed by atoms with Crippen LogP contribution < -0.4 is 0 Å². The first-order valence-electron chi connectivity index (χ1n) is 17.3. The summed E-state index contributed by atoms with van der Waals surface area (Å²) in [7, 11) is 2.20. The Hall–Kier alpha value is -1.27. The lowest BCUT2D eigenvalue weighted by atomic mass is 9.86. The van der Waals surface area contributed by atoms with E-state index < -0.39 is 0 Å². The summed E-state index contributed by atoms with van der Waals surface area (Å²) in [6, 6.07) is 0.507. The minimum atomic E-state index is -0.258. The van der Waals surface area contributed by atoms with Gasteiger partial charge in [-0.3, -0.25) is 4.90 Å². The van der Waals surface area contributed by atoms with Crippen molar-refractivity contribution in [3.8, 4) is 0 Å². The summed E-state index contributed by atoms with van der Waals surface area (Å²) in [5, 5.41) is 0. The Labute approximate surface area is 270 Å². The molecule has 10 nitrogen and oxygen atoms in total. The van der Waals surface area contributed by atoms with Gasteiger partial charge in [-0.1, -0.05) is 6.92 Å². The van der Waals surface area contributed by atoms with Gasteiger partial charge in [0, 0.05) is 68.6 Å². The number of fused-ring (bicyclic) bond motifs is 1. The standard InChI is InChI=1S/C33H58N4O6S/c1-6-44-42-24-33-12-11-27(23-41-31(39)36-15-9-10-16-36)37(33)21-25(19-33)18-29(43-32(2,3)4)28-17-26(20-34(28)5)22-40-30(38)35-13-7-8-14-35/h25-29H,6-24H2,1-5H3/t25?,26-,27+,28-,29-,33-/m0/s1. The molecule has 0 N–H and O–H groups in total. The Balaban J connectivity index is 1.21. The van der Waals surface area contributed by atoms with Crippen molar-refractivity contribution in [1.82, 2.24) is 19.6 Å². The molecule has 1 unspecified atom stereocenters. The summed E-state index contributed by atoms with van der Waals surface area (Å²) in [6.45, 7) is 15.4. The summed E-state index contributed by atoms with van der Waals surface area (Å²) in [6.07, 6.45) is 9.18. The summed E-state index contributed by atoms with van der Waals surface area (Å²) in [5.74, 6) is 1.71. The smallest absolute Gasteiger partial charge is 0.409 e. The molecule has 0 spiro atoms. The molecule has 6 atom stereocenters. The number of rotatable bonds is 12. The van der Waals surface area contributed by atoms with Crippen molar-refractivity contribution >= 4 is 24.2 Å². The second-order valence-corrected chi connectivity index (χ2v) is 16.0. The van der Waals surface area contributed by atoms with Crippen LogP contribution in [0.3, 0.4) is 0 Å². The van der Waals surface area contributed by atoms with E-state index in [1.54, 1.807) is 12.0 Å². The molecule has 2 amide bonds. The Bertz CT molecular complexity index is 955. The van der Waals surface area contributed by atoms with Gasteiger partial charge in [-0.2, -0.15) is 0 Å². The van der Waals surface area contributed by atoms with Crippen LogP contribution in [0.4, 0.5) is 9.59 Å². The summed E-state index contributed by atoms with van der Waals surface area (Å²) >= 11 is 1.54. The van der Waals surface area contributed by atoms with Crippen molar-refractivity contribution in [1.29, 1.82) is 0 Å². The second kappa shape index (κ2) is 15.1. The van der Waals surface area contributed by atoms with Crippen molar-refractivity contribution in [2.75, 3.05) is 71.9 Å². The van der Waals surface area contributed by atoms with Crippen LogP contribution in [0.5, 0.6) is 0 Å². The molecule has 44 heavy (non-hydrogen) atoms. The van der Waals surface area contributed by atoms with E-state index in [-0.39, 0.29) is 41.5 Å². The van der Waals surface area contributed by atoms with Crippen LogP contribution in [0.1, 0.15) is 85.5 Å². The van der Waals surface area contributed by atoms with Gasteiger partial charge in [-0.15, -0.1) is 0 Å². The van der Waals surface area contributed by atoms with E-state index in [4.69, 9.17) is 18.4 Å². The van der Waals surface area contributed by atoms with Gasteiger partial charge >= 0.3 is 12.2 Å². The highest BCUT2D eigenvalue weighted by atomic mass is 32.2. The number of carbonyl (C=O) groups excluding carboxylic acids is 2. The predicted octanol–water partition coefficient (Wildman–Crippen LogP) is 5.25. The zero-order valence-corrected chi connectivity index (χ0v) is 28.8. The van der Waals surface area contributed by atoms with Gasteiger partial charge in [0.05, 0.1) is 24.9 Å². The van der Waals surface area contributed by atoms with Gasteiger partial charge < -0.3 is 33.1 Å². The number of amides is 2. The third-order valence-corrected chi connectivity index (χ3v) is 10.9. The van der Waals surface area contributed by atoms with Crippen molar-refractivity contribution in [2.24, 2.45) is 11.8 Å². The van der Waals surface area contributed by atoms with Crippen LogP contribution in [0.25, 0.3) is 0 Å². The first-order chi connectivity index (χ1) is 21.1. The number of ether oxygens (including phenoxy) is 3. The molecule has 0 aromatic carbocycles. The van der Waals surface area contributed by atoms with Crippen LogP contribution in [-0.2, 0) is 18.4 Å². The van der Waals surface area contributed by atoms with Crippen molar-refractivity contribution in [3.05, 3.63) is 0 Å². The maximum Gasteiger partial charge on any atom is 0.409 e. The maximum atomic E-state index is 12.7. The van der Waals surface area contributed by atoms with Crippen LogP contribution in [0.15, 0.2) is 0 Å². The third-order valence-electron chi connectivity index (χ3n) is 10.4. The zero-order valence-electron chi connectivity index (χ0n) is 28.0. The monoisotopic (exact) mass is 638 g/mol. The Kier molecular flexibility index (Phi) is 11.7. The molecular formula is C33H58N4O6S. The van der Waals surface area contributed by atoms with Gasteiger partial charge in [0.15, 0.2) is 0 Å². The largest absolute Gasteiger partial charge is 0.449 e. The quantitative estimate of drug-likeness (QED) is 0.210. The van der Waals surface area contributed by atoms with E-state index in [9.17, 15) is 9.59 Å². The van der Waals surface area contributed by atoms with Gasteiger partial charge in [0.1, 0.15) is 6.61 Å². The molecule has 0 aliphatic carbocycles. The Morgan fingerprint density at radius 1 is 0.932 bits per heavy atom. The molecular weight excluding hydrogens is 580 g/mol. The lowest BCUT2D eigenvalue weighted by molar-refractivity contribution is -0.0953. The van der Waals surface area contributed by atoms with Crippen LogP contribution in [0.2, 0.25) is 0 Å². The van der Waals surface area contributed by atoms with Crippen molar-refractivity contribution < 1.29 is 28.0 Å². The molecule has 0 aromatic heterocycles. The van der Waals surface area contributed by atoms with E-state index >= 15 is 0 Å². The highest BCUT2D eigenvalue weighted by Crippen LogP contribution is 2.47. The normalized spacial score (nSPS) is 32.0. The molecule has 5 aliphatic heterocycles. The molecule has 11 heteroatoms. The minimum Gasteiger partial charge on any atom is -0.449 e. The highest BCUT2D eigenvalue weighted by Gasteiger charge is 2.54. The number of likely N-dealkylation sites (N-methyl/N-ethyl adjacent to an activating group) is 1. The number of hydrogen-bond acceptors (Lipinski definition) is 9. The summed E-state index contributed by atoms with van der Waals surface area (Å²) < 4.78 is 24.6. The fraction of sp³-hybridized carbons (Fsp3) is 0.939. The molecule has 5 rings (SSSR count). The van der Waals surface area contributed by atoms with E-state index in [0.717, 1.165) is 103 Å². The predicted molar refractivity (Wildman–Crippen MR) is 173 cm³/mol. The molecule has 0 saturated carbocycles. The van der Waals surface area contributed by atoms with Crippen LogP contribution in [-0.4, -0.2) is 133 Å². The van der Waals surface area contributed by atoms with Crippen molar-refractivity contribution in [2.45, 2.75) is 115 Å². The molecule has 252 valence electrons. The molecule has 0 aromatic rings. The average Bonchev–Trinajstić information content (AvgIpc) is 3.79. The topological polar surface area (TPSA) is 84.0 Å². The van der Waals surface area contributed by atoms with E-state index in [1.165, 1.54) is 0 Å². The fourth-order valence-corrected chi connectivity index (χ4v) is 8.91. The van der Waals surface area contributed by atoms with E-state index in [0.29, 0.717) is 31.7 Å². The molecule has 5 fully saturated rings. The first kappa shape index (κ1) is 34.1. The highest BCUT2D eigenvalue weighted by molar-refractivity contribution is 7.94. The summed E-state index contributed by atoms with van der Waals surface area (Å²) in [5.41, 5.74) is -0.275. The van der Waals surface area contributed by atoms with Gasteiger partial charge in [0.2, 0.25) is 0 Å². The van der Waals surface area contributed by atoms with Gasteiger partial charge in [-0.05, 0) is 104 Å². The van der Waals surface area contributed by atoms with Gasteiger partial charge in [0.25, 0.3) is 0 Å². The summed E-state index contributed by atoms with van der Waals surface area (Å²) in [4.78, 5) is 34.0. The Morgan fingerprint density at radius 2 is 1.57 bits per heavy atom. The van der Waals surface area contributed by atoms with E-state index in [2.05, 4.69) is 44.5 Å². The SMILES string of the molecule is CCSOC[C@@]12CC[C@H](COC(=O)N3CCCC3)N1CC(C[C@H](OC(C)(C)C)[C@@H]1C[C@H](COC(=O)N3CCCC3)CN1C)C2. The fourth-order valence-electron chi connectivity index (χ4n) is 8.44. The molecule has 0 bridgehead atoms. The first-order valence-corrected chi connectivity index (χ1v) is 18.2. The third kappa shape index (κ3) is 8.55. The van der Waals surface area contributed by atoms with Gasteiger partial charge in [-0.25, -0.2) is 9.59 Å². The number of nitrogens with zero attached hydrogens (tertiary/aromatic N) is 4. The maximum absolute atomic E-state index is 12.7. The second-order valence-electron chi connectivity index (χ2n) is 15.0. The number of carbonyl (C=O) groups is 2. The molecule has 5 heterocycles. The number of hydrogen-bond donors (Lipinski definition) is 0. The zero-order chi connectivity index (χ0) is 31.3. The van der Waals surface area contributed by atoms with Crippen molar-refractivity contribution in [3.63, 3.8) is 0 Å².